The number of rotatable bonds is 5. The Hall–Kier alpha value is -3.85. The predicted octanol–water partition coefficient (Wildman–Crippen LogP) is 3.21. The molecule has 0 atom stereocenters. The van der Waals surface area contributed by atoms with Gasteiger partial charge in [-0.2, -0.15) is 0 Å². The fourth-order valence-corrected chi connectivity index (χ4v) is 4.36. The molecule has 0 spiro atoms. The molecule has 0 aliphatic carbocycles. The first-order chi connectivity index (χ1) is 16.5. The molecule has 1 aliphatic rings. The van der Waals surface area contributed by atoms with Crippen molar-refractivity contribution in [2.24, 2.45) is 7.05 Å². The highest BCUT2D eigenvalue weighted by atomic mass is 16.1. The van der Waals surface area contributed by atoms with Gasteiger partial charge in [-0.25, -0.2) is 9.97 Å². The number of anilines is 2. The third-order valence-electron chi connectivity index (χ3n) is 6.47. The number of amides is 1. The summed E-state index contributed by atoms with van der Waals surface area (Å²) in [5.74, 6) is 1.09. The Morgan fingerprint density at radius 3 is 2.65 bits per heavy atom. The van der Waals surface area contributed by atoms with Crippen molar-refractivity contribution in [2.45, 2.75) is 18.9 Å². The van der Waals surface area contributed by atoms with Gasteiger partial charge in [0.25, 0.3) is 5.91 Å². The molecule has 1 saturated heterocycles. The number of nitrogens with one attached hydrogen (secondary N) is 1. The summed E-state index contributed by atoms with van der Waals surface area (Å²) in [5.41, 5.74) is 2.31. The van der Waals surface area contributed by atoms with Crippen LogP contribution in [0, 0.1) is 0 Å². The highest BCUT2D eigenvalue weighted by molar-refractivity contribution is 6.05. The smallest absolute Gasteiger partial charge is 0.257 e. The number of hydrogen-bond donors (Lipinski definition) is 1. The molecule has 9 heteroatoms. The minimum atomic E-state index is -0.211. The first-order valence-corrected chi connectivity index (χ1v) is 11.4. The standard InChI is InChI=1S/C25H28N8O/c1-31-10-7-21(8-11-31)33(3)24-14-18(6-9-26-24)25(34)28-23-13-20-12-17(4-5-19(20)15-27-23)22-16-32(2)30-29-22/h4-6,9,12-16,21H,7-8,10-11H2,1-3H3,(H,27,28,34). The fourth-order valence-electron chi connectivity index (χ4n) is 4.36. The molecule has 1 aliphatic heterocycles. The third-order valence-corrected chi connectivity index (χ3v) is 6.47. The highest BCUT2D eigenvalue weighted by Crippen LogP contribution is 2.25. The zero-order valence-electron chi connectivity index (χ0n) is 19.6. The minimum Gasteiger partial charge on any atom is -0.357 e. The second kappa shape index (κ2) is 9.18. The molecule has 0 saturated carbocycles. The Kier molecular flexibility index (Phi) is 5.93. The molecule has 34 heavy (non-hydrogen) atoms. The lowest BCUT2D eigenvalue weighted by Gasteiger charge is -2.35. The second-order valence-electron chi connectivity index (χ2n) is 8.91. The van der Waals surface area contributed by atoms with E-state index < -0.39 is 0 Å². The number of aromatic nitrogens is 5. The molecule has 5 rings (SSSR count). The van der Waals surface area contributed by atoms with E-state index in [0.717, 1.165) is 53.8 Å². The number of carbonyl (C=O) groups excluding carboxylic acids is 1. The third kappa shape index (κ3) is 4.60. The molecule has 1 fully saturated rings. The lowest BCUT2D eigenvalue weighted by Crippen LogP contribution is -2.42. The van der Waals surface area contributed by atoms with Crippen LogP contribution in [0.2, 0.25) is 0 Å². The van der Waals surface area contributed by atoms with Crippen molar-refractivity contribution in [3.63, 3.8) is 0 Å². The van der Waals surface area contributed by atoms with Crippen molar-refractivity contribution < 1.29 is 4.79 Å². The van der Waals surface area contributed by atoms with Crippen LogP contribution in [0.25, 0.3) is 22.0 Å². The number of nitrogens with zero attached hydrogens (tertiary/aromatic N) is 7. The SMILES string of the molecule is CN1CCC(N(C)c2cc(C(=O)Nc3cc4cc(-c5cn(C)nn5)ccc4cn3)ccn2)CC1. The van der Waals surface area contributed by atoms with Crippen molar-refractivity contribution in [3.8, 4) is 11.3 Å². The topological polar surface area (TPSA) is 92.1 Å². The lowest BCUT2D eigenvalue weighted by molar-refractivity contribution is 0.102. The Bertz CT molecular complexity index is 1330. The Morgan fingerprint density at radius 2 is 1.88 bits per heavy atom. The minimum absolute atomic E-state index is 0.211. The molecular weight excluding hydrogens is 428 g/mol. The summed E-state index contributed by atoms with van der Waals surface area (Å²) in [6.45, 7) is 2.14. The predicted molar refractivity (Wildman–Crippen MR) is 133 cm³/mol. The normalized spacial score (nSPS) is 14.9. The Morgan fingerprint density at radius 1 is 1.06 bits per heavy atom. The fraction of sp³-hybridized carbons (Fsp3) is 0.320. The molecule has 0 bridgehead atoms. The number of aryl methyl sites for hydroxylation is 1. The van der Waals surface area contributed by atoms with E-state index >= 15 is 0 Å². The summed E-state index contributed by atoms with van der Waals surface area (Å²) in [6, 6.07) is 11.9. The van der Waals surface area contributed by atoms with Crippen LogP contribution in [-0.2, 0) is 7.05 Å². The summed E-state index contributed by atoms with van der Waals surface area (Å²) in [4.78, 5) is 26.5. The van der Waals surface area contributed by atoms with Gasteiger partial charge >= 0.3 is 0 Å². The molecule has 4 heterocycles. The first kappa shape index (κ1) is 22.0. The van der Waals surface area contributed by atoms with Crippen LogP contribution in [0.15, 0.2) is 55.0 Å². The van der Waals surface area contributed by atoms with E-state index in [-0.39, 0.29) is 5.91 Å². The number of fused-ring (bicyclic) bond motifs is 1. The molecule has 1 amide bonds. The van der Waals surface area contributed by atoms with Crippen molar-refractivity contribution in [1.82, 2.24) is 29.9 Å². The largest absolute Gasteiger partial charge is 0.357 e. The van der Waals surface area contributed by atoms with Gasteiger partial charge in [0.1, 0.15) is 17.3 Å². The monoisotopic (exact) mass is 456 g/mol. The van der Waals surface area contributed by atoms with Gasteiger partial charge in [-0.15, -0.1) is 5.10 Å². The van der Waals surface area contributed by atoms with Gasteiger partial charge in [0.15, 0.2) is 0 Å². The van der Waals surface area contributed by atoms with Crippen LogP contribution in [0.3, 0.4) is 0 Å². The molecule has 4 aromatic rings. The quantitative estimate of drug-likeness (QED) is 0.493. The second-order valence-corrected chi connectivity index (χ2v) is 8.91. The van der Waals surface area contributed by atoms with Gasteiger partial charge in [-0.05, 0) is 62.6 Å². The molecule has 174 valence electrons. The summed E-state index contributed by atoms with van der Waals surface area (Å²) in [6.07, 6.45) is 7.49. The maximum atomic E-state index is 13.0. The van der Waals surface area contributed by atoms with Crippen LogP contribution in [-0.4, -0.2) is 69.0 Å². The first-order valence-electron chi connectivity index (χ1n) is 11.4. The van der Waals surface area contributed by atoms with Crippen molar-refractivity contribution >= 4 is 28.3 Å². The number of piperidine rings is 1. The van der Waals surface area contributed by atoms with Gasteiger partial charge in [0.05, 0.1) is 6.20 Å². The average molecular weight is 457 g/mol. The summed E-state index contributed by atoms with van der Waals surface area (Å²) < 4.78 is 1.67. The molecule has 0 unspecified atom stereocenters. The van der Waals surface area contributed by atoms with Crippen LogP contribution in [0.1, 0.15) is 23.2 Å². The van der Waals surface area contributed by atoms with Crippen LogP contribution >= 0.6 is 0 Å². The number of carbonyl (C=O) groups is 1. The van der Waals surface area contributed by atoms with Crippen molar-refractivity contribution in [3.05, 3.63) is 60.6 Å². The van der Waals surface area contributed by atoms with Crippen molar-refractivity contribution in [1.29, 1.82) is 0 Å². The van der Waals surface area contributed by atoms with E-state index in [9.17, 15) is 4.79 Å². The highest BCUT2D eigenvalue weighted by Gasteiger charge is 2.22. The molecule has 0 radical (unpaired) electrons. The van der Waals surface area contributed by atoms with Crippen LogP contribution < -0.4 is 10.2 Å². The number of pyridine rings is 2. The van der Waals surface area contributed by atoms with E-state index in [1.54, 1.807) is 23.1 Å². The van der Waals surface area contributed by atoms with E-state index in [4.69, 9.17) is 0 Å². The maximum absolute atomic E-state index is 13.0. The molecular formula is C25H28N8O. The van der Waals surface area contributed by atoms with Gasteiger partial charge in [0, 0.05) is 49.0 Å². The van der Waals surface area contributed by atoms with Gasteiger partial charge in [-0.3, -0.25) is 9.48 Å². The maximum Gasteiger partial charge on any atom is 0.257 e. The van der Waals surface area contributed by atoms with E-state index in [1.807, 2.05) is 43.6 Å². The van der Waals surface area contributed by atoms with Crippen molar-refractivity contribution in [2.75, 3.05) is 37.4 Å². The number of hydrogen-bond acceptors (Lipinski definition) is 7. The summed E-state index contributed by atoms with van der Waals surface area (Å²) in [5, 5.41) is 13.1. The molecule has 1 N–H and O–H groups in total. The van der Waals surface area contributed by atoms with Crippen LogP contribution in [0.4, 0.5) is 11.6 Å². The van der Waals surface area contributed by atoms with E-state index in [0.29, 0.717) is 17.4 Å². The molecule has 1 aromatic carbocycles. The number of likely N-dealkylation sites (tertiary alicyclic amines) is 1. The van der Waals surface area contributed by atoms with Crippen LogP contribution in [0.5, 0.6) is 0 Å². The summed E-state index contributed by atoms with van der Waals surface area (Å²) >= 11 is 0. The zero-order valence-corrected chi connectivity index (χ0v) is 19.6. The van der Waals surface area contributed by atoms with E-state index in [2.05, 4.69) is 49.5 Å². The Balaban J connectivity index is 1.33. The van der Waals surface area contributed by atoms with Gasteiger partial charge in [0.2, 0.25) is 0 Å². The summed E-state index contributed by atoms with van der Waals surface area (Å²) in [7, 11) is 6.04. The zero-order chi connectivity index (χ0) is 23.7. The van der Waals surface area contributed by atoms with E-state index in [1.165, 1.54) is 0 Å². The Labute approximate surface area is 198 Å². The lowest BCUT2D eigenvalue weighted by atomic mass is 10.0. The molecule has 3 aromatic heterocycles. The van der Waals surface area contributed by atoms with Gasteiger partial charge in [-0.1, -0.05) is 17.3 Å². The van der Waals surface area contributed by atoms with Gasteiger partial charge < -0.3 is 15.1 Å². The molecule has 9 nitrogen and oxygen atoms in total. The average Bonchev–Trinajstić information content (AvgIpc) is 3.30. The number of benzene rings is 1.